The lowest BCUT2D eigenvalue weighted by molar-refractivity contribution is 0.496. The zero-order valence-electron chi connectivity index (χ0n) is 9.10. The molecule has 92 valence electrons. The molecule has 7 heteroatoms. The molecule has 1 aromatic heterocycles. The summed E-state index contributed by atoms with van der Waals surface area (Å²) >= 11 is 4.95. The molecule has 1 aromatic rings. The maximum absolute atomic E-state index is 11.4. The van der Waals surface area contributed by atoms with Gasteiger partial charge < -0.3 is 0 Å². The van der Waals surface area contributed by atoms with Gasteiger partial charge in [-0.25, -0.2) is 8.42 Å². The van der Waals surface area contributed by atoms with Crippen molar-refractivity contribution in [3.05, 3.63) is 20.8 Å². The summed E-state index contributed by atoms with van der Waals surface area (Å²) in [5.74, 6) is 5.40. The van der Waals surface area contributed by atoms with E-state index in [1.165, 1.54) is 6.26 Å². The third kappa shape index (κ3) is 3.81. The van der Waals surface area contributed by atoms with Crippen LogP contribution in [0.5, 0.6) is 0 Å². The van der Waals surface area contributed by atoms with E-state index in [1.807, 2.05) is 12.1 Å². The minimum absolute atomic E-state index is 0.263. The van der Waals surface area contributed by atoms with Crippen molar-refractivity contribution < 1.29 is 8.42 Å². The van der Waals surface area contributed by atoms with Crippen molar-refractivity contribution in [1.29, 1.82) is 0 Å². The number of rotatable bonds is 5. The zero-order chi connectivity index (χ0) is 12.3. The first-order valence-electron chi connectivity index (χ1n) is 4.74. The Kier molecular flexibility index (Phi) is 4.93. The molecule has 0 aromatic carbocycles. The van der Waals surface area contributed by atoms with Crippen LogP contribution in [-0.4, -0.2) is 26.0 Å². The molecule has 0 aliphatic rings. The largest absolute Gasteiger partial charge is 0.271 e. The Bertz CT molecular complexity index is 444. The molecule has 0 saturated heterocycles. The molecule has 0 aliphatic heterocycles. The molecular weight excluding hydrogens is 312 g/mol. The van der Waals surface area contributed by atoms with Crippen molar-refractivity contribution in [3.8, 4) is 0 Å². The van der Waals surface area contributed by atoms with E-state index in [2.05, 4.69) is 21.4 Å². The number of hydrogen-bond donors (Lipinski definition) is 2. The van der Waals surface area contributed by atoms with Crippen LogP contribution in [0.4, 0.5) is 0 Å². The third-order valence-electron chi connectivity index (χ3n) is 2.51. The van der Waals surface area contributed by atoms with Crippen LogP contribution in [-0.2, 0) is 16.3 Å². The fraction of sp³-hybridized carbons (Fsp3) is 0.556. The Morgan fingerprint density at radius 1 is 1.56 bits per heavy atom. The quantitative estimate of drug-likeness (QED) is 0.632. The summed E-state index contributed by atoms with van der Waals surface area (Å²) in [7, 11) is -3.08. The van der Waals surface area contributed by atoms with Crippen molar-refractivity contribution in [2.24, 2.45) is 5.84 Å². The van der Waals surface area contributed by atoms with E-state index in [-0.39, 0.29) is 6.04 Å². The van der Waals surface area contributed by atoms with Crippen LogP contribution in [0.15, 0.2) is 15.9 Å². The molecule has 0 amide bonds. The molecule has 0 radical (unpaired) electrons. The highest BCUT2D eigenvalue weighted by Crippen LogP contribution is 2.24. The molecule has 2 atom stereocenters. The van der Waals surface area contributed by atoms with Crippen LogP contribution >= 0.6 is 27.3 Å². The second-order valence-electron chi connectivity index (χ2n) is 3.72. The van der Waals surface area contributed by atoms with E-state index in [0.29, 0.717) is 6.42 Å². The Hall–Kier alpha value is 0.0500. The highest BCUT2D eigenvalue weighted by atomic mass is 79.9. The Morgan fingerprint density at radius 2 is 2.19 bits per heavy atom. The summed E-state index contributed by atoms with van der Waals surface area (Å²) in [6.07, 6.45) is 1.84. The smallest absolute Gasteiger partial charge is 0.151 e. The number of hydrazine groups is 1. The molecule has 0 saturated carbocycles. The zero-order valence-corrected chi connectivity index (χ0v) is 12.3. The molecule has 0 bridgehead atoms. The van der Waals surface area contributed by atoms with E-state index in [4.69, 9.17) is 5.84 Å². The van der Waals surface area contributed by atoms with Crippen LogP contribution in [0.3, 0.4) is 0 Å². The summed E-state index contributed by atoms with van der Waals surface area (Å²) < 4.78 is 23.9. The van der Waals surface area contributed by atoms with Crippen molar-refractivity contribution in [3.63, 3.8) is 0 Å². The lowest BCUT2D eigenvalue weighted by Gasteiger charge is -2.21. The molecule has 0 fully saturated rings. The Labute approximate surface area is 108 Å². The molecule has 0 spiro atoms. The first-order chi connectivity index (χ1) is 7.34. The lowest BCUT2D eigenvalue weighted by Crippen LogP contribution is -2.47. The van der Waals surface area contributed by atoms with Crippen LogP contribution in [0, 0.1) is 0 Å². The van der Waals surface area contributed by atoms with E-state index in [1.54, 1.807) is 18.3 Å². The van der Waals surface area contributed by atoms with Gasteiger partial charge in [0.25, 0.3) is 0 Å². The normalized spacial score (nSPS) is 16.0. The summed E-state index contributed by atoms with van der Waals surface area (Å²) in [5, 5.41) is -0.502. The van der Waals surface area contributed by atoms with Crippen molar-refractivity contribution >= 4 is 37.1 Å². The molecular formula is C9H15BrN2O2S2. The summed E-state index contributed by atoms with van der Waals surface area (Å²) in [4.78, 5) is 1.10. The maximum Gasteiger partial charge on any atom is 0.151 e. The number of thiophene rings is 1. The van der Waals surface area contributed by atoms with Crippen LogP contribution in [0.25, 0.3) is 0 Å². The average molecular weight is 327 g/mol. The van der Waals surface area contributed by atoms with Gasteiger partial charge in [-0.05, 0) is 41.4 Å². The predicted octanol–water partition coefficient (Wildman–Crippen LogP) is 1.32. The van der Waals surface area contributed by atoms with Gasteiger partial charge in [0.2, 0.25) is 0 Å². The SMILES string of the molecule is CC(C(Cc1ccc(Br)s1)NN)S(C)(=O)=O. The summed E-state index contributed by atoms with van der Waals surface area (Å²) in [6.45, 7) is 1.67. The lowest BCUT2D eigenvalue weighted by atomic mass is 10.1. The monoisotopic (exact) mass is 326 g/mol. The molecule has 16 heavy (non-hydrogen) atoms. The second-order valence-corrected chi connectivity index (χ2v) is 8.67. The first-order valence-corrected chi connectivity index (χ1v) is 8.30. The summed E-state index contributed by atoms with van der Waals surface area (Å²) in [5.41, 5.74) is 2.58. The van der Waals surface area contributed by atoms with Gasteiger partial charge in [0.05, 0.1) is 9.04 Å². The van der Waals surface area contributed by atoms with Gasteiger partial charge in [-0.15, -0.1) is 11.3 Å². The fourth-order valence-corrected chi connectivity index (χ4v) is 3.65. The van der Waals surface area contributed by atoms with Crippen LogP contribution in [0.1, 0.15) is 11.8 Å². The number of sulfone groups is 1. The topological polar surface area (TPSA) is 72.2 Å². The van der Waals surface area contributed by atoms with Gasteiger partial charge in [-0.3, -0.25) is 11.3 Å². The van der Waals surface area contributed by atoms with E-state index in [0.717, 1.165) is 8.66 Å². The highest BCUT2D eigenvalue weighted by Gasteiger charge is 2.25. The average Bonchev–Trinajstić information content (AvgIpc) is 2.58. The fourth-order valence-electron chi connectivity index (χ4n) is 1.34. The van der Waals surface area contributed by atoms with Gasteiger partial charge in [0.15, 0.2) is 9.84 Å². The number of hydrogen-bond acceptors (Lipinski definition) is 5. The van der Waals surface area contributed by atoms with Gasteiger partial charge in [0.1, 0.15) is 0 Å². The molecule has 0 aliphatic carbocycles. The van der Waals surface area contributed by atoms with Gasteiger partial charge in [-0.1, -0.05) is 0 Å². The standard InChI is InChI=1S/C9H15BrN2O2S2/c1-6(16(2,13)14)8(12-11)5-7-3-4-9(10)15-7/h3-4,6,8,12H,5,11H2,1-2H3. The van der Waals surface area contributed by atoms with Crippen molar-refractivity contribution in [1.82, 2.24) is 5.43 Å². The van der Waals surface area contributed by atoms with Crippen molar-refractivity contribution in [2.75, 3.05) is 6.26 Å². The van der Waals surface area contributed by atoms with Crippen molar-refractivity contribution in [2.45, 2.75) is 24.6 Å². The number of halogens is 1. The van der Waals surface area contributed by atoms with E-state index < -0.39 is 15.1 Å². The Morgan fingerprint density at radius 3 is 2.56 bits per heavy atom. The highest BCUT2D eigenvalue weighted by molar-refractivity contribution is 9.11. The first kappa shape index (κ1) is 14.1. The minimum Gasteiger partial charge on any atom is -0.271 e. The molecule has 3 N–H and O–H groups in total. The molecule has 1 rings (SSSR count). The van der Waals surface area contributed by atoms with E-state index in [9.17, 15) is 8.42 Å². The van der Waals surface area contributed by atoms with Crippen LogP contribution in [0.2, 0.25) is 0 Å². The van der Waals surface area contributed by atoms with Crippen LogP contribution < -0.4 is 11.3 Å². The predicted molar refractivity (Wildman–Crippen MR) is 71.1 cm³/mol. The second kappa shape index (κ2) is 5.59. The van der Waals surface area contributed by atoms with Gasteiger partial charge in [-0.2, -0.15) is 0 Å². The van der Waals surface area contributed by atoms with E-state index >= 15 is 0 Å². The minimum atomic E-state index is -3.08. The maximum atomic E-state index is 11.4. The molecule has 2 unspecified atom stereocenters. The molecule has 4 nitrogen and oxygen atoms in total. The van der Waals surface area contributed by atoms with Gasteiger partial charge in [0, 0.05) is 17.2 Å². The Balaban J connectivity index is 2.77. The van der Waals surface area contributed by atoms with Gasteiger partial charge >= 0.3 is 0 Å². The summed E-state index contributed by atoms with van der Waals surface area (Å²) in [6, 6.07) is 3.65. The molecule has 1 heterocycles. The third-order valence-corrected chi connectivity index (χ3v) is 5.83. The number of nitrogens with one attached hydrogen (secondary N) is 1. The number of nitrogens with two attached hydrogens (primary N) is 1.